The van der Waals surface area contributed by atoms with Crippen LogP contribution in [0.25, 0.3) is 0 Å². The Kier molecular flexibility index (Phi) is 5.30. The molecule has 15 heavy (non-hydrogen) atoms. The maximum absolute atomic E-state index is 11.7. The van der Waals surface area contributed by atoms with Crippen LogP contribution in [-0.2, 0) is 4.79 Å². The summed E-state index contributed by atoms with van der Waals surface area (Å²) in [6.45, 7) is 8.77. The predicted molar refractivity (Wildman–Crippen MR) is 64.0 cm³/mol. The highest BCUT2D eigenvalue weighted by molar-refractivity contribution is 5.81. The van der Waals surface area contributed by atoms with E-state index in [4.69, 9.17) is 0 Å². The highest BCUT2D eigenvalue weighted by Crippen LogP contribution is 2.22. The molecule has 0 heterocycles. The third kappa shape index (κ3) is 3.94. The molecule has 1 aliphatic carbocycles. The molecule has 1 unspecified atom stereocenters. The van der Waals surface area contributed by atoms with Gasteiger partial charge in [-0.05, 0) is 39.7 Å². The van der Waals surface area contributed by atoms with E-state index in [-0.39, 0.29) is 0 Å². The second kappa shape index (κ2) is 6.26. The first kappa shape index (κ1) is 12.7. The minimum Gasteiger partial charge on any atom is -0.300 e. The molecule has 0 aromatic rings. The van der Waals surface area contributed by atoms with Crippen LogP contribution in [0.4, 0.5) is 0 Å². The first-order chi connectivity index (χ1) is 7.15. The zero-order valence-electron chi connectivity index (χ0n) is 10.5. The summed E-state index contributed by atoms with van der Waals surface area (Å²) in [4.78, 5) is 14.2. The molecule has 1 saturated carbocycles. The highest BCUT2D eigenvalue weighted by Gasteiger charge is 2.24. The van der Waals surface area contributed by atoms with Crippen molar-refractivity contribution in [2.45, 2.75) is 58.9 Å². The third-order valence-corrected chi connectivity index (χ3v) is 3.38. The second-order valence-electron chi connectivity index (χ2n) is 5.00. The van der Waals surface area contributed by atoms with Crippen LogP contribution >= 0.6 is 0 Å². The van der Waals surface area contributed by atoms with Gasteiger partial charge in [-0.3, -0.25) is 4.79 Å². The third-order valence-electron chi connectivity index (χ3n) is 3.38. The van der Waals surface area contributed by atoms with Gasteiger partial charge in [0.1, 0.15) is 5.78 Å². The zero-order chi connectivity index (χ0) is 11.3. The normalized spacial score (nSPS) is 22.7. The van der Waals surface area contributed by atoms with Crippen molar-refractivity contribution in [1.29, 1.82) is 0 Å². The van der Waals surface area contributed by atoms with Crippen molar-refractivity contribution < 1.29 is 4.79 Å². The molecule has 0 aromatic heterocycles. The Balaban J connectivity index is 2.45. The first-order valence-electron chi connectivity index (χ1n) is 6.42. The summed E-state index contributed by atoms with van der Waals surface area (Å²) in [6.07, 6.45) is 5.48. The lowest BCUT2D eigenvalue weighted by Crippen LogP contribution is -2.39. The van der Waals surface area contributed by atoms with Crippen molar-refractivity contribution in [2.75, 3.05) is 13.1 Å². The van der Waals surface area contributed by atoms with Crippen LogP contribution in [-0.4, -0.2) is 29.8 Å². The fraction of sp³-hybridized carbons (Fsp3) is 0.923. The summed E-state index contributed by atoms with van der Waals surface area (Å²) in [7, 11) is 0. The van der Waals surface area contributed by atoms with Crippen LogP contribution in [0.1, 0.15) is 52.9 Å². The zero-order valence-corrected chi connectivity index (χ0v) is 10.5. The summed E-state index contributed by atoms with van der Waals surface area (Å²) in [5.74, 6) is 0.829. The molecule has 1 aliphatic rings. The van der Waals surface area contributed by atoms with E-state index in [1.54, 1.807) is 0 Å². The fourth-order valence-corrected chi connectivity index (χ4v) is 2.38. The Bertz CT molecular complexity index is 201. The first-order valence-corrected chi connectivity index (χ1v) is 6.42. The Morgan fingerprint density at radius 2 is 2.13 bits per heavy atom. The predicted octanol–water partition coefficient (Wildman–Crippen LogP) is 2.87. The van der Waals surface area contributed by atoms with Crippen molar-refractivity contribution in [3.63, 3.8) is 0 Å². The van der Waals surface area contributed by atoms with Gasteiger partial charge in [0.25, 0.3) is 0 Å². The molecule has 88 valence electrons. The number of hydrogen-bond acceptors (Lipinski definition) is 2. The van der Waals surface area contributed by atoms with Crippen LogP contribution in [0.15, 0.2) is 0 Å². The van der Waals surface area contributed by atoms with E-state index in [9.17, 15) is 4.79 Å². The molecule has 0 saturated heterocycles. The highest BCUT2D eigenvalue weighted by atomic mass is 16.1. The van der Waals surface area contributed by atoms with Crippen LogP contribution < -0.4 is 0 Å². The quantitative estimate of drug-likeness (QED) is 0.697. The molecular formula is C13H25NO. The van der Waals surface area contributed by atoms with Crippen molar-refractivity contribution in [3.05, 3.63) is 0 Å². The molecule has 0 amide bonds. The molecule has 2 heteroatoms. The topological polar surface area (TPSA) is 20.3 Å². The van der Waals surface area contributed by atoms with Gasteiger partial charge in [0.15, 0.2) is 0 Å². The number of Topliss-reactive ketones (excluding diaryl/α,β-unsaturated/α-hetero) is 1. The number of rotatable bonds is 5. The second-order valence-corrected chi connectivity index (χ2v) is 5.00. The van der Waals surface area contributed by atoms with Gasteiger partial charge in [0, 0.05) is 24.9 Å². The minimum absolute atomic E-state index is 0.327. The number of hydrogen-bond donors (Lipinski definition) is 0. The Morgan fingerprint density at radius 1 is 1.40 bits per heavy atom. The van der Waals surface area contributed by atoms with E-state index >= 15 is 0 Å². The molecule has 1 rings (SSSR count). The van der Waals surface area contributed by atoms with Crippen LogP contribution in [0.2, 0.25) is 0 Å². The maximum atomic E-state index is 11.7. The molecule has 0 N–H and O–H groups in total. The molecule has 2 nitrogen and oxygen atoms in total. The SMILES string of the molecule is CCCN(CC1CCCCC1=O)C(C)C. The van der Waals surface area contributed by atoms with Crippen LogP contribution in [0.3, 0.4) is 0 Å². The smallest absolute Gasteiger partial charge is 0.137 e. The largest absolute Gasteiger partial charge is 0.300 e. The fourth-order valence-electron chi connectivity index (χ4n) is 2.38. The van der Waals surface area contributed by atoms with Gasteiger partial charge in [-0.15, -0.1) is 0 Å². The summed E-state index contributed by atoms with van der Waals surface area (Å²) in [6, 6.07) is 0.569. The summed E-state index contributed by atoms with van der Waals surface area (Å²) in [5, 5.41) is 0. The van der Waals surface area contributed by atoms with Crippen molar-refractivity contribution >= 4 is 5.78 Å². The Hall–Kier alpha value is -0.370. The average Bonchev–Trinajstić information content (AvgIpc) is 2.20. The standard InChI is InChI=1S/C13H25NO/c1-4-9-14(11(2)3)10-12-7-5-6-8-13(12)15/h11-12H,4-10H2,1-3H3. The number of carbonyl (C=O) groups excluding carboxylic acids is 1. The van der Waals surface area contributed by atoms with E-state index < -0.39 is 0 Å². The molecule has 0 aliphatic heterocycles. The van der Waals surface area contributed by atoms with Gasteiger partial charge in [0.2, 0.25) is 0 Å². The molecule has 1 atom stereocenters. The van der Waals surface area contributed by atoms with E-state index in [2.05, 4.69) is 25.7 Å². The van der Waals surface area contributed by atoms with E-state index in [1.165, 1.54) is 12.8 Å². The molecular weight excluding hydrogens is 186 g/mol. The van der Waals surface area contributed by atoms with E-state index in [0.717, 1.165) is 32.4 Å². The average molecular weight is 211 g/mol. The van der Waals surface area contributed by atoms with Gasteiger partial charge < -0.3 is 4.90 Å². The van der Waals surface area contributed by atoms with Gasteiger partial charge in [-0.2, -0.15) is 0 Å². The number of ketones is 1. The Labute approximate surface area is 94.0 Å². The lowest BCUT2D eigenvalue weighted by Gasteiger charge is -2.31. The minimum atomic E-state index is 0.327. The molecule has 0 bridgehead atoms. The van der Waals surface area contributed by atoms with Gasteiger partial charge >= 0.3 is 0 Å². The van der Waals surface area contributed by atoms with Crippen molar-refractivity contribution in [1.82, 2.24) is 4.90 Å². The van der Waals surface area contributed by atoms with Crippen molar-refractivity contribution in [2.24, 2.45) is 5.92 Å². The maximum Gasteiger partial charge on any atom is 0.137 e. The van der Waals surface area contributed by atoms with Gasteiger partial charge in [-0.1, -0.05) is 13.3 Å². The van der Waals surface area contributed by atoms with Gasteiger partial charge in [0.05, 0.1) is 0 Å². The van der Waals surface area contributed by atoms with E-state index in [1.807, 2.05) is 0 Å². The summed E-state index contributed by atoms with van der Waals surface area (Å²) >= 11 is 0. The number of nitrogens with zero attached hydrogens (tertiary/aromatic N) is 1. The molecule has 0 aromatic carbocycles. The van der Waals surface area contributed by atoms with Gasteiger partial charge in [-0.25, -0.2) is 0 Å². The Morgan fingerprint density at radius 3 is 2.67 bits per heavy atom. The van der Waals surface area contributed by atoms with E-state index in [0.29, 0.717) is 17.7 Å². The lowest BCUT2D eigenvalue weighted by molar-refractivity contribution is -0.125. The summed E-state index contributed by atoms with van der Waals surface area (Å²) in [5.41, 5.74) is 0. The monoisotopic (exact) mass is 211 g/mol. The summed E-state index contributed by atoms with van der Waals surface area (Å²) < 4.78 is 0. The molecule has 0 radical (unpaired) electrons. The van der Waals surface area contributed by atoms with Crippen LogP contribution in [0, 0.1) is 5.92 Å². The molecule has 1 fully saturated rings. The molecule has 0 spiro atoms. The lowest BCUT2D eigenvalue weighted by atomic mass is 9.87. The van der Waals surface area contributed by atoms with Crippen molar-refractivity contribution in [3.8, 4) is 0 Å². The van der Waals surface area contributed by atoms with Crippen LogP contribution in [0.5, 0.6) is 0 Å². The number of carbonyl (C=O) groups is 1.